The summed E-state index contributed by atoms with van der Waals surface area (Å²) in [5.74, 6) is -2.06. The molecule has 3 aliphatic rings. The Morgan fingerprint density at radius 3 is 2.45 bits per heavy atom. The smallest absolute Gasteiger partial charge is 0.264 e. The lowest BCUT2D eigenvalue weighted by atomic mass is 10.0. The standard InChI is InChI=1S/C19H19BrN4O5/c20-10-15(26)23-8-6-22(7-9-23)12-3-1-2-11-16(12)19(29)24(18(11)28)13-4-5-14(25)21-17(13)27/h1-3,13H,4-10H2,(H,21,25,27). The quantitative estimate of drug-likeness (QED) is 0.505. The molecule has 1 unspecified atom stereocenters. The Labute approximate surface area is 175 Å². The number of alkyl halides is 1. The van der Waals surface area contributed by atoms with Crippen LogP contribution in [0, 0.1) is 0 Å². The van der Waals surface area contributed by atoms with Crippen molar-refractivity contribution in [1.82, 2.24) is 15.1 Å². The monoisotopic (exact) mass is 462 g/mol. The molecule has 1 aromatic rings. The van der Waals surface area contributed by atoms with Crippen LogP contribution in [0.15, 0.2) is 18.2 Å². The van der Waals surface area contributed by atoms with Crippen molar-refractivity contribution in [1.29, 1.82) is 0 Å². The molecule has 152 valence electrons. The van der Waals surface area contributed by atoms with E-state index < -0.39 is 29.7 Å². The van der Waals surface area contributed by atoms with Crippen LogP contribution in [0.5, 0.6) is 0 Å². The van der Waals surface area contributed by atoms with Crippen molar-refractivity contribution in [3.63, 3.8) is 0 Å². The maximum atomic E-state index is 13.2. The van der Waals surface area contributed by atoms with Gasteiger partial charge in [-0.3, -0.25) is 34.2 Å². The molecule has 29 heavy (non-hydrogen) atoms. The Morgan fingerprint density at radius 1 is 1.07 bits per heavy atom. The van der Waals surface area contributed by atoms with E-state index in [2.05, 4.69) is 21.2 Å². The number of piperazine rings is 1. The molecule has 4 rings (SSSR count). The van der Waals surface area contributed by atoms with E-state index in [1.807, 2.05) is 4.90 Å². The van der Waals surface area contributed by atoms with Crippen LogP contribution in [-0.4, -0.2) is 76.9 Å². The van der Waals surface area contributed by atoms with E-state index in [9.17, 15) is 24.0 Å². The van der Waals surface area contributed by atoms with Crippen molar-refractivity contribution < 1.29 is 24.0 Å². The average Bonchev–Trinajstić information content (AvgIpc) is 2.98. The summed E-state index contributed by atoms with van der Waals surface area (Å²) in [6, 6.07) is 4.08. The number of nitrogens with one attached hydrogen (secondary N) is 1. The molecule has 3 aliphatic heterocycles. The van der Waals surface area contributed by atoms with E-state index in [1.165, 1.54) is 0 Å². The number of fused-ring (bicyclic) bond motifs is 1. The molecule has 1 N–H and O–H groups in total. The first-order valence-corrected chi connectivity index (χ1v) is 10.5. The molecule has 0 radical (unpaired) electrons. The van der Waals surface area contributed by atoms with Gasteiger partial charge in [0, 0.05) is 32.6 Å². The minimum atomic E-state index is -0.985. The van der Waals surface area contributed by atoms with Gasteiger partial charge in [-0.2, -0.15) is 0 Å². The second-order valence-corrected chi connectivity index (χ2v) is 7.71. The van der Waals surface area contributed by atoms with Crippen molar-refractivity contribution in [2.24, 2.45) is 0 Å². The predicted molar refractivity (Wildman–Crippen MR) is 106 cm³/mol. The predicted octanol–water partition coefficient (Wildman–Crippen LogP) is 0.131. The summed E-state index contributed by atoms with van der Waals surface area (Å²) in [7, 11) is 0. The minimum absolute atomic E-state index is 0.0122. The third-order valence-corrected chi connectivity index (χ3v) is 6.01. The van der Waals surface area contributed by atoms with Crippen LogP contribution in [-0.2, 0) is 14.4 Å². The van der Waals surface area contributed by atoms with Gasteiger partial charge in [0.15, 0.2) is 0 Å². The van der Waals surface area contributed by atoms with E-state index >= 15 is 0 Å². The summed E-state index contributed by atoms with van der Waals surface area (Å²) in [5, 5.41) is 2.46. The molecule has 2 saturated heterocycles. The highest BCUT2D eigenvalue weighted by Gasteiger charge is 2.46. The number of hydrogen-bond donors (Lipinski definition) is 1. The van der Waals surface area contributed by atoms with Crippen LogP contribution in [0.25, 0.3) is 0 Å². The first kappa shape index (κ1) is 19.6. The van der Waals surface area contributed by atoms with E-state index in [1.54, 1.807) is 23.1 Å². The van der Waals surface area contributed by atoms with Crippen molar-refractivity contribution >= 4 is 51.2 Å². The van der Waals surface area contributed by atoms with Crippen LogP contribution in [0.3, 0.4) is 0 Å². The highest BCUT2D eigenvalue weighted by molar-refractivity contribution is 9.09. The van der Waals surface area contributed by atoms with Gasteiger partial charge in [0.05, 0.1) is 22.1 Å². The number of benzene rings is 1. The summed E-state index contributed by atoms with van der Waals surface area (Å²) >= 11 is 3.17. The average molecular weight is 463 g/mol. The third-order valence-electron chi connectivity index (χ3n) is 5.53. The second kappa shape index (κ2) is 7.58. The lowest BCUT2D eigenvalue weighted by Crippen LogP contribution is -2.54. The molecule has 0 spiro atoms. The number of amides is 5. The van der Waals surface area contributed by atoms with Gasteiger partial charge >= 0.3 is 0 Å². The number of imide groups is 2. The topological polar surface area (TPSA) is 107 Å². The third kappa shape index (κ3) is 3.31. The van der Waals surface area contributed by atoms with Crippen LogP contribution in [0.4, 0.5) is 5.69 Å². The SMILES string of the molecule is O=C1CCC(N2C(=O)c3cccc(N4CCN(C(=O)CBr)CC4)c3C2=O)C(=O)N1. The highest BCUT2D eigenvalue weighted by Crippen LogP contribution is 2.34. The molecule has 0 bridgehead atoms. The van der Waals surface area contributed by atoms with Crippen molar-refractivity contribution in [3.05, 3.63) is 29.3 Å². The van der Waals surface area contributed by atoms with Crippen LogP contribution in [0.2, 0.25) is 0 Å². The molecule has 1 atom stereocenters. The van der Waals surface area contributed by atoms with Crippen LogP contribution < -0.4 is 10.2 Å². The summed E-state index contributed by atoms with van der Waals surface area (Å²) in [6.07, 6.45) is 0.207. The number of nitrogens with zero attached hydrogens (tertiary/aromatic N) is 3. The Balaban J connectivity index is 1.60. The van der Waals surface area contributed by atoms with Gasteiger partial charge in [-0.1, -0.05) is 22.0 Å². The molecule has 0 aliphatic carbocycles. The molecule has 5 amide bonds. The van der Waals surface area contributed by atoms with Gasteiger partial charge in [0.25, 0.3) is 11.8 Å². The lowest BCUT2D eigenvalue weighted by Gasteiger charge is -2.36. The first-order valence-electron chi connectivity index (χ1n) is 9.35. The fourth-order valence-electron chi connectivity index (χ4n) is 4.04. The summed E-state index contributed by atoms with van der Waals surface area (Å²) in [4.78, 5) is 66.3. The molecule has 9 nitrogen and oxygen atoms in total. The van der Waals surface area contributed by atoms with Gasteiger partial charge in [0.1, 0.15) is 6.04 Å². The van der Waals surface area contributed by atoms with Crippen LogP contribution >= 0.6 is 15.9 Å². The number of carbonyl (C=O) groups is 5. The minimum Gasteiger partial charge on any atom is -0.367 e. The van der Waals surface area contributed by atoms with Gasteiger partial charge in [-0.05, 0) is 18.6 Å². The molecule has 2 fully saturated rings. The summed E-state index contributed by atoms with van der Waals surface area (Å²) < 4.78 is 0. The maximum Gasteiger partial charge on any atom is 0.264 e. The van der Waals surface area contributed by atoms with Gasteiger partial charge in [-0.15, -0.1) is 0 Å². The number of rotatable bonds is 3. The number of carbonyl (C=O) groups excluding carboxylic acids is 5. The lowest BCUT2D eigenvalue weighted by molar-refractivity contribution is -0.136. The molecule has 3 heterocycles. The largest absolute Gasteiger partial charge is 0.367 e. The number of anilines is 1. The number of piperidine rings is 1. The van der Waals surface area contributed by atoms with Crippen molar-refractivity contribution in [3.8, 4) is 0 Å². The van der Waals surface area contributed by atoms with E-state index in [4.69, 9.17) is 0 Å². The second-order valence-electron chi connectivity index (χ2n) is 7.15. The molecule has 10 heteroatoms. The Hall–Kier alpha value is -2.75. The Morgan fingerprint density at radius 2 is 1.79 bits per heavy atom. The zero-order valence-corrected chi connectivity index (χ0v) is 17.1. The first-order chi connectivity index (χ1) is 13.9. The highest BCUT2D eigenvalue weighted by atomic mass is 79.9. The molecule has 0 aromatic heterocycles. The fourth-order valence-corrected chi connectivity index (χ4v) is 4.40. The zero-order valence-electron chi connectivity index (χ0n) is 15.5. The van der Waals surface area contributed by atoms with Crippen molar-refractivity contribution in [2.45, 2.75) is 18.9 Å². The normalized spacial score (nSPS) is 22.1. The van der Waals surface area contributed by atoms with E-state index in [-0.39, 0.29) is 35.2 Å². The number of hydrogen-bond acceptors (Lipinski definition) is 6. The van der Waals surface area contributed by atoms with Crippen LogP contribution in [0.1, 0.15) is 33.6 Å². The molecular weight excluding hydrogens is 444 g/mol. The van der Waals surface area contributed by atoms with E-state index in [0.717, 1.165) is 4.90 Å². The zero-order chi connectivity index (χ0) is 20.7. The molecule has 0 saturated carbocycles. The number of halogens is 1. The maximum absolute atomic E-state index is 13.2. The summed E-state index contributed by atoms with van der Waals surface area (Å²) in [5.41, 5.74) is 1.17. The molecular formula is C19H19BrN4O5. The fraction of sp³-hybridized carbons (Fsp3) is 0.421. The van der Waals surface area contributed by atoms with Gasteiger partial charge < -0.3 is 9.80 Å². The Kier molecular flexibility index (Phi) is 5.12. The summed E-state index contributed by atoms with van der Waals surface area (Å²) in [6.45, 7) is 2.12. The Bertz CT molecular complexity index is 925. The molecule has 1 aromatic carbocycles. The van der Waals surface area contributed by atoms with Gasteiger partial charge in [0.2, 0.25) is 17.7 Å². The van der Waals surface area contributed by atoms with E-state index in [0.29, 0.717) is 31.9 Å². The van der Waals surface area contributed by atoms with Crippen molar-refractivity contribution in [2.75, 3.05) is 36.4 Å². The van der Waals surface area contributed by atoms with Gasteiger partial charge in [-0.25, -0.2) is 0 Å².